The van der Waals surface area contributed by atoms with Gasteiger partial charge in [0, 0.05) is 12.2 Å². The predicted molar refractivity (Wildman–Crippen MR) is 113 cm³/mol. The van der Waals surface area contributed by atoms with E-state index < -0.39 is 6.03 Å². The number of urea groups is 1. The lowest BCUT2D eigenvalue weighted by atomic mass is 10.1. The number of anilines is 1. The molecule has 0 aliphatic heterocycles. The summed E-state index contributed by atoms with van der Waals surface area (Å²) < 4.78 is 0. The number of imide groups is 1. The Kier molecular flexibility index (Phi) is 6.06. The first-order chi connectivity index (χ1) is 13.4. The van der Waals surface area contributed by atoms with Gasteiger partial charge in [0.05, 0.1) is 6.54 Å². The first kappa shape index (κ1) is 19.6. The lowest BCUT2D eigenvalue weighted by molar-refractivity contribution is -0.120. The summed E-state index contributed by atoms with van der Waals surface area (Å²) in [5.41, 5.74) is 3.89. The van der Waals surface area contributed by atoms with Crippen molar-refractivity contribution in [2.45, 2.75) is 20.4 Å². The topological polar surface area (TPSA) is 61.4 Å². The van der Waals surface area contributed by atoms with Crippen molar-refractivity contribution in [3.8, 4) is 0 Å². The molecule has 0 radical (unpaired) electrons. The van der Waals surface area contributed by atoms with Crippen LogP contribution in [0.4, 0.5) is 10.5 Å². The summed E-state index contributed by atoms with van der Waals surface area (Å²) in [6.45, 7) is 4.67. The average molecular weight is 375 g/mol. The molecule has 0 aliphatic rings. The highest BCUT2D eigenvalue weighted by atomic mass is 16.2. The number of amides is 3. The number of nitrogens with one attached hydrogen (secondary N) is 2. The van der Waals surface area contributed by atoms with Gasteiger partial charge < -0.3 is 5.32 Å². The Hall–Kier alpha value is -3.18. The molecule has 3 rings (SSSR count). The highest BCUT2D eigenvalue weighted by Crippen LogP contribution is 2.18. The molecule has 3 aromatic carbocycles. The molecule has 0 saturated carbocycles. The molecule has 3 amide bonds. The van der Waals surface area contributed by atoms with Crippen LogP contribution in [0.15, 0.2) is 60.7 Å². The Balaban J connectivity index is 1.53. The number of hydrogen-bond acceptors (Lipinski definition) is 3. The molecule has 0 aromatic heterocycles. The third kappa shape index (κ3) is 4.96. The molecule has 0 spiro atoms. The summed E-state index contributed by atoms with van der Waals surface area (Å²) in [7, 11) is 1.86. The molecule has 0 saturated heterocycles. The standard InChI is InChI=1S/C23H25N3O2/c1-16-7-6-10-21(17(16)2)24-23(28)25-22(27)15-26(3)14-18-11-12-19-8-4-5-9-20(19)13-18/h4-13H,14-15H2,1-3H3,(H2,24,25,27,28). The van der Waals surface area contributed by atoms with E-state index in [1.54, 1.807) is 0 Å². The van der Waals surface area contributed by atoms with Gasteiger partial charge in [-0.05, 0) is 60.5 Å². The summed E-state index contributed by atoms with van der Waals surface area (Å²) in [6.07, 6.45) is 0. The number of nitrogens with zero attached hydrogens (tertiary/aromatic N) is 1. The third-order valence-corrected chi connectivity index (χ3v) is 4.79. The zero-order valence-electron chi connectivity index (χ0n) is 16.5. The SMILES string of the molecule is Cc1cccc(NC(=O)NC(=O)CN(C)Cc2ccc3ccccc3c2)c1C. The predicted octanol–water partition coefficient (Wildman–Crippen LogP) is 4.24. The highest BCUT2D eigenvalue weighted by molar-refractivity contribution is 6.02. The summed E-state index contributed by atoms with van der Waals surface area (Å²) in [5, 5.41) is 7.49. The molecule has 0 fully saturated rings. The van der Waals surface area contributed by atoms with Gasteiger partial charge in [0.2, 0.25) is 5.91 Å². The van der Waals surface area contributed by atoms with Crippen molar-refractivity contribution in [1.82, 2.24) is 10.2 Å². The smallest absolute Gasteiger partial charge is 0.307 e. The van der Waals surface area contributed by atoms with E-state index in [1.807, 2.05) is 56.1 Å². The van der Waals surface area contributed by atoms with Gasteiger partial charge in [0.1, 0.15) is 0 Å². The molecular formula is C23H25N3O2. The minimum absolute atomic E-state index is 0.132. The normalized spacial score (nSPS) is 10.9. The molecule has 28 heavy (non-hydrogen) atoms. The molecule has 0 atom stereocenters. The Labute approximate surface area is 165 Å². The van der Waals surface area contributed by atoms with Crippen LogP contribution in [0, 0.1) is 13.8 Å². The van der Waals surface area contributed by atoms with E-state index in [0.717, 1.165) is 16.7 Å². The summed E-state index contributed by atoms with van der Waals surface area (Å²) >= 11 is 0. The van der Waals surface area contributed by atoms with Crippen molar-refractivity contribution >= 4 is 28.4 Å². The van der Waals surface area contributed by atoms with Crippen molar-refractivity contribution in [3.63, 3.8) is 0 Å². The number of carbonyl (C=O) groups is 2. The molecule has 5 heteroatoms. The maximum Gasteiger partial charge on any atom is 0.325 e. The van der Waals surface area contributed by atoms with Crippen molar-refractivity contribution in [3.05, 3.63) is 77.4 Å². The fourth-order valence-electron chi connectivity index (χ4n) is 3.16. The van der Waals surface area contributed by atoms with Gasteiger partial charge >= 0.3 is 6.03 Å². The quantitative estimate of drug-likeness (QED) is 0.701. The van der Waals surface area contributed by atoms with Crippen LogP contribution < -0.4 is 10.6 Å². The maximum atomic E-state index is 12.2. The van der Waals surface area contributed by atoms with E-state index in [9.17, 15) is 9.59 Å². The number of fused-ring (bicyclic) bond motifs is 1. The molecule has 3 aromatic rings. The van der Waals surface area contributed by atoms with Gasteiger partial charge in [0.15, 0.2) is 0 Å². The van der Waals surface area contributed by atoms with Crippen LogP contribution in [0.2, 0.25) is 0 Å². The van der Waals surface area contributed by atoms with Gasteiger partial charge in [-0.2, -0.15) is 0 Å². The third-order valence-electron chi connectivity index (χ3n) is 4.79. The lowest BCUT2D eigenvalue weighted by Crippen LogP contribution is -2.40. The second kappa shape index (κ2) is 8.67. The van der Waals surface area contributed by atoms with E-state index in [2.05, 4.69) is 41.0 Å². The van der Waals surface area contributed by atoms with Crippen LogP contribution in [-0.4, -0.2) is 30.4 Å². The number of benzene rings is 3. The van der Waals surface area contributed by atoms with Crippen molar-refractivity contribution in [1.29, 1.82) is 0 Å². The minimum atomic E-state index is -0.516. The summed E-state index contributed by atoms with van der Waals surface area (Å²) in [6, 6.07) is 19.6. The fourth-order valence-corrected chi connectivity index (χ4v) is 3.16. The van der Waals surface area contributed by atoms with Crippen LogP contribution in [0.5, 0.6) is 0 Å². The van der Waals surface area contributed by atoms with E-state index in [4.69, 9.17) is 0 Å². The van der Waals surface area contributed by atoms with Crippen molar-refractivity contribution < 1.29 is 9.59 Å². The Morgan fingerprint density at radius 1 is 0.929 bits per heavy atom. The number of likely N-dealkylation sites (N-methyl/N-ethyl adjacent to an activating group) is 1. The van der Waals surface area contributed by atoms with E-state index >= 15 is 0 Å². The minimum Gasteiger partial charge on any atom is -0.307 e. The monoisotopic (exact) mass is 375 g/mol. The second-order valence-electron chi connectivity index (χ2n) is 7.10. The Bertz CT molecular complexity index is 1010. The number of aryl methyl sites for hydroxylation is 1. The van der Waals surface area contributed by atoms with E-state index in [1.165, 1.54) is 10.8 Å². The van der Waals surface area contributed by atoms with Crippen LogP contribution >= 0.6 is 0 Å². The molecule has 5 nitrogen and oxygen atoms in total. The van der Waals surface area contributed by atoms with E-state index in [0.29, 0.717) is 12.2 Å². The van der Waals surface area contributed by atoms with Gasteiger partial charge in [0.25, 0.3) is 0 Å². The molecule has 2 N–H and O–H groups in total. The fraction of sp³-hybridized carbons (Fsp3) is 0.217. The van der Waals surface area contributed by atoms with Crippen LogP contribution in [0.1, 0.15) is 16.7 Å². The first-order valence-corrected chi connectivity index (χ1v) is 9.25. The zero-order valence-corrected chi connectivity index (χ0v) is 16.5. The molecule has 0 unspecified atom stereocenters. The highest BCUT2D eigenvalue weighted by Gasteiger charge is 2.12. The maximum absolute atomic E-state index is 12.2. The number of hydrogen-bond donors (Lipinski definition) is 2. The number of rotatable bonds is 5. The second-order valence-corrected chi connectivity index (χ2v) is 7.10. The molecular weight excluding hydrogens is 350 g/mol. The van der Waals surface area contributed by atoms with Crippen LogP contribution in [0.25, 0.3) is 10.8 Å². The Morgan fingerprint density at radius 3 is 2.46 bits per heavy atom. The average Bonchev–Trinajstić information content (AvgIpc) is 2.65. The van der Waals surface area contributed by atoms with Gasteiger partial charge in [-0.25, -0.2) is 4.79 Å². The van der Waals surface area contributed by atoms with Gasteiger partial charge in [-0.15, -0.1) is 0 Å². The van der Waals surface area contributed by atoms with Gasteiger partial charge in [-0.1, -0.05) is 48.5 Å². The van der Waals surface area contributed by atoms with Crippen LogP contribution in [-0.2, 0) is 11.3 Å². The van der Waals surface area contributed by atoms with Crippen LogP contribution in [0.3, 0.4) is 0 Å². The zero-order chi connectivity index (χ0) is 20.1. The van der Waals surface area contributed by atoms with E-state index in [-0.39, 0.29) is 12.5 Å². The largest absolute Gasteiger partial charge is 0.325 e. The lowest BCUT2D eigenvalue weighted by Gasteiger charge is -2.17. The summed E-state index contributed by atoms with van der Waals surface area (Å²) in [4.78, 5) is 26.2. The Morgan fingerprint density at radius 2 is 1.68 bits per heavy atom. The molecule has 0 heterocycles. The van der Waals surface area contributed by atoms with Gasteiger partial charge in [-0.3, -0.25) is 15.0 Å². The first-order valence-electron chi connectivity index (χ1n) is 9.25. The molecule has 0 aliphatic carbocycles. The van der Waals surface area contributed by atoms with Crippen molar-refractivity contribution in [2.24, 2.45) is 0 Å². The number of carbonyl (C=O) groups excluding carboxylic acids is 2. The summed E-state index contributed by atoms with van der Waals surface area (Å²) in [5.74, 6) is -0.342. The molecule has 0 bridgehead atoms. The molecule has 144 valence electrons. The van der Waals surface area contributed by atoms with Crippen molar-refractivity contribution in [2.75, 3.05) is 18.9 Å².